The van der Waals surface area contributed by atoms with Crippen molar-refractivity contribution in [1.82, 2.24) is 4.57 Å². The number of ketones is 1. The second-order valence-electron chi connectivity index (χ2n) is 5.10. The van der Waals surface area contributed by atoms with Gasteiger partial charge < -0.3 is 9.67 Å². The van der Waals surface area contributed by atoms with Crippen LogP contribution in [-0.2, 0) is 0 Å². The molecule has 104 valence electrons. The number of carboxylic acids is 1. The van der Waals surface area contributed by atoms with Gasteiger partial charge in [-0.25, -0.2) is 4.79 Å². The van der Waals surface area contributed by atoms with Crippen LogP contribution in [0.1, 0.15) is 53.1 Å². The molecular weight excluding hydrogens is 254 g/mol. The lowest BCUT2D eigenvalue weighted by Crippen LogP contribution is -2.06. The molecule has 0 radical (unpaired) electrons. The fraction of sp³-hybridized carbons (Fsp3) is 0.250. The Morgan fingerprint density at radius 2 is 1.90 bits per heavy atom. The summed E-state index contributed by atoms with van der Waals surface area (Å²) in [5, 5.41) is 9.27. The molecule has 4 heteroatoms. The fourth-order valence-electron chi connectivity index (χ4n) is 2.07. The number of Topliss-reactive ketones (excluding diaryl/α,β-unsaturated/α-hetero) is 1. The zero-order valence-electron chi connectivity index (χ0n) is 11.8. The van der Waals surface area contributed by atoms with Crippen LogP contribution >= 0.6 is 0 Å². The average molecular weight is 271 g/mol. The smallest absolute Gasteiger partial charge is 0.352 e. The first-order valence-corrected chi connectivity index (χ1v) is 6.47. The molecule has 0 atom stereocenters. The molecule has 1 aromatic heterocycles. The lowest BCUT2D eigenvalue weighted by atomic mass is 10.0. The van der Waals surface area contributed by atoms with Crippen molar-refractivity contribution in [1.29, 1.82) is 0 Å². The average Bonchev–Trinajstić information content (AvgIpc) is 2.84. The van der Waals surface area contributed by atoms with E-state index < -0.39 is 5.97 Å². The van der Waals surface area contributed by atoms with Gasteiger partial charge in [-0.05, 0) is 36.6 Å². The van der Waals surface area contributed by atoms with E-state index in [1.165, 1.54) is 13.0 Å². The van der Waals surface area contributed by atoms with Gasteiger partial charge in [-0.1, -0.05) is 26.0 Å². The SMILES string of the molecule is CC(=O)c1cc(C(=O)O)n(-c2cccc(C(C)C)c2)c1. The highest BCUT2D eigenvalue weighted by Crippen LogP contribution is 2.21. The molecule has 0 saturated heterocycles. The molecule has 0 aliphatic carbocycles. The summed E-state index contributed by atoms with van der Waals surface area (Å²) in [5.41, 5.74) is 2.37. The molecule has 0 spiro atoms. The lowest BCUT2D eigenvalue weighted by Gasteiger charge is -2.10. The molecule has 4 nitrogen and oxygen atoms in total. The Bertz CT molecular complexity index is 668. The molecule has 0 aliphatic rings. The van der Waals surface area contributed by atoms with Crippen LogP contribution in [0, 0.1) is 0 Å². The van der Waals surface area contributed by atoms with Crippen LogP contribution in [0.4, 0.5) is 0 Å². The molecule has 1 heterocycles. The summed E-state index contributed by atoms with van der Waals surface area (Å²) in [6, 6.07) is 9.09. The Morgan fingerprint density at radius 3 is 2.45 bits per heavy atom. The normalized spacial score (nSPS) is 10.8. The number of aromatic nitrogens is 1. The number of carboxylic acid groups (broad SMARTS) is 1. The monoisotopic (exact) mass is 271 g/mol. The first-order chi connectivity index (χ1) is 9.40. The Kier molecular flexibility index (Phi) is 3.74. The van der Waals surface area contributed by atoms with Gasteiger partial charge in [0.2, 0.25) is 0 Å². The first-order valence-electron chi connectivity index (χ1n) is 6.47. The Morgan fingerprint density at radius 1 is 1.20 bits per heavy atom. The van der Waals surface area contributed by atoms with Crippen LogP contribution in [0.3, 0.4) is 0 Å². The van der Waals surface area contributed by atoms with E-state index in [2.05, 4.69) is 13.8 Å². The summed E-state index contributed by atoms with van der Waals surface area (Å²) in [4.78, 5) is 22.8. The maximum absolute atomic E-state index is 11.4. The number of hydrogen-bond donors (Lipinski definition) is 1. The number of carbonyl (C=O) groups excluding carboxylic acids is 1. The van der Waals surface area contributed by atoms with Crippen molar-refractivity contribution in [2.45, 2.75) is 26.7 Å². The molecule has 0 amide bonds. The van der Waals surface area contributed by atoms with Crippen molar-refractivity contribution in [2.24, 2.45) is 0 Å². The quantitative estimate of drug-likeness (QED) is 0.866. The third-order valence-corrected chi connectivity index (χ3v) is 3.26. The molecule has 0 fully saturated rings. The van der Waals surface area contributed by atoms with Crippen LogP contribution in [0.15, 0.2) is 36.5 Å². The van der Waals surface area contributed by atoms with Crippen LogP contribution in [-0.4, -0.2) is 21.4 Å². The molecule has 2 rings (SSSR count). The van der Waals surface area contributed by atoms with E-state index in [-0.39, 0.29) is 11.5 Å². The largest absolute Gasteiger partial charge is 0.477 e. The number of hydrogen-bond acceptors (Lipinski definition) is 2. The zero-order chi connectivity index (χ0) is 14.9. The molecule has 1 aromatic carbocycles. The van der Waals surface area contributed by atoms with Crippen molar-refractivity contribution in [3.8, 4) is 5.69 Å². The summed E-state index contributed by atoms with van der Waals surface area (Å²) >= 11 is 0. The zero-order valence-corrected chi connectivity index (χ0v) is 11.8. The molecular formula is C16H17NO3. The highest BCUT2D eigenvalue weighted by molar-refractivity contribution is 5.97. The fourth-order valence-corrected chi connectivity index (χ4v) is 2.07. The number of aromatic carboxylic acids is 1. The van der Waals surface area contributed by atoms with E-state index in [1.807, 2.05) is 24.3 Å². The first kappa shape index (κ1) is 14.1. The van der Waals surface area contributed by atoms with Crippen molar-refractivity contribution in [2.75, 3.05) is 0 Å². The third kappa shape index (κ3) is 2.64. The molecule has 0 saturated carbocycles. The number of carbonyl (C=O) groups is 2. The number of nitrogens with zero attached hydrogens (tertiary/aromatic N) is 1. The molecule has 0 aliphatic heterocycles. The van der Waals surface area contributed by atoms with E-state index >= 15 is 0 Å². The standard InChI is InChI=1S/C16H17NO3/c1-10(2)12-5-4-6-14(7-12)17-9-13(11(3)18)8-15(17)16(19)20/h4-10H,1-3H3,(H,19,20). The van der Waals surface area contributed by atoms with Crippen molar-refractivity contribution < 1.29 is 14.7 Å². The van der Waals surface area contributed by atoms with E-state index in [4.69, 9.17) is 0 Å². The van der Waals surface area contributed by atoms with Gasteiger partial charge in [0, 0.05) is 17.4 Å². The van der Waals surface area contributed by atoms with Gasteiger partial charge in [0.15, 0.2) is 5.78 Å². The van der Waals surface area contributed by atoms with Crippen molar-refractivity contribution in [3.05, 3.63) is 53.3 Å². The van der Waals surface area contributed by atoms with Gasteiger partial charge in [-0.15, -0.1) is 0 Å². The Balaban J connectivity index is 2.59. The van der Waals surface area contributed by atoms with Crippen LogP contribution in [0.25, 0.3) is 5.69 Å². The van der Waals surface area contributed by atoms with Gasteiger partial charge in [-0.2, -0.15) is 0 Å². The molecule has 20 heavy (non-hydrogen) atoms. The third-order valence-electron chi connectivity index (χ3n) is 3.26. The molecule has 2 aromatic rings. The van der Waals surface area contributed by atoms with Crippen LogP contribution < -0.4 is 0 Å². The predicted octanol–water partition coefficient (Wildman–Crippen LogP) is 3.50. The van der Waals surface area contributed by atoms with Gasteiger partial charge in [0.05, 0.1) is 0 Å². The minimum Gasteiger partial charge on any atom is -0.477 e. The van der Waals surface area contributed by atoms with Gasteiger partial charge in [0.25, 0.3) is 0 Å². The number of benzene rings is 1. The Labute approximate surface area is 117 Å². The lowest BCUT2D eigenvalue weighted by molar-refractivity contribution is 0.0688. The maximum atomic E-state index is 11.4. The minimum atomic E-state index is -1.05. The summed E-state index contributed by atoms with van der Waals surface area (Å²) < 4.78 is 1.55. The van der Waals surface area contributed by atoms with Crippen molar-refractivity contribution in [3.63, 3.8) is 0 Å². The van der Waals surface area contributed by atoms with E-state index in [0.717, 1.165) is 11.3 Å². The highest BCUT2D eigenvalue weighted by atomic mass is 16.4. The predicted molar refractivity (Wildman–Crippen MR) is 76.8 cm³/mol. The maximum Gasteiger partial charge on any atom is 0.352 e. The van der Waals surface area contributed by atoms with Gasteiger partial charge in [0.1, 0.15) is 5.69 Å². The highest BCUT2D eigenvalue weighted by Gasteiger charge is 2.16. The summed E-state index contributed by atoms with van der Waals surface area (Å²) in [7, 11) is 0. The topological polar surface area (TPSA) is 59.3 Å². The van der Waals surface area contributed by atoms with Gasteiger partial charge in [-0.3, -0.25) is 4.79 Å². The molecule has 0 unspecified atom stereocenters. The second-order valence-corrected chi connectivity index (χ2v) is 5.10. The summed E-state index contributed by atoms with van der Waals surface area (Å²) in [5.74, 6) is -0.843. The van der Waals surface area contributed by atoms with Crippen LogP contribution in [0.2, 0.25) is 0 Å². The number of rotatable bonds is 4. The molecule has 1 N–H and O–H groups in total. The second kappa shape index (κ2) is 5.33. The van der Waals surface area contributed by atoms with E-state index in [0.29, 0.717) is 11.5 Å². The van der Waals surface area contributed by atoms with Crippen LogP contribution in [0.5, 0.6) is 0 Å². The summed E-state index contributed by atoms with van der Waals surface area (Å²) in [6.07, 6.45) is 1.57. The van der Waals surface area contributed by atoms with E-state index in [9.17, 15) is 14.7 Å². The minimum absolute atomic E-state index is 0.0936. The summed E-state index contributed by atoms with van der Waals surface area (Å²) in [6.45, 7) is 5.58. The van der Waals surface area contributed by atoms with Gasteiger partial charge >= 0.3 is 5.97 Å². The van der Waals surface area contributed by atoms with Crippen molar-refractivity contribution >= 4 is 11.8 Å². The molecule has 0 bridgehead atoms. The van der Waals surface area contributed by atoms with E-state index in [1.54, 1.807) is 10.8 Å². The Hall–Kier alpha value is -2.36.